The Hall–Kier alpha value is -3.01. The summed E-state index contributed by atoms with van der Waals surface area (Å²) in [6.07, 6.45) is 0.0461. The summed E-state index contributed by atoms with van der Waals surface area (Å²) in [5.74, 6) is 1.31. The Morgan fingerprint density at radius 1 is 1.18 bits per heavy atom. The smallest absolute Gasteiger partial charge is 0.368 e. The summed E-state index contributed by atoms with van der Waals surface area (Å²) in [6.45, 7) is 2.92. The van der Waals surface area contributed by atoms with Crippen molar-refractivity contribution in [3.63, 3.8) is 0 Å². The van der Waals surface area contributed by atoms with E-state index in [1.165, 1.54) is 17.4 Å². The van der Waals surface area contributed by atoms with Crippen molar-refractivity contribution in [3.8, 4) is 10.6 Å². The zero-order valence-electron chi connectivity index (χ0n) is 17.8. The largest absolute Gasteiger partial charge is 0.417 e. The third-order valence-corrected chi connectivity index (χ3v) is 7.09. The number of alkyl halides is 3. The van der Waals surface area contributed by atoms with Crippen LogP contribution in [0.25, 0.3) is 10.6 Å². The highest BCUT2D eigenvalue weighted by Gasteiger charge is 2.47. The van der Waals surface area contributed by atoms with Gasteiger partial charge in [0.15, 0.2) is 0 Å². The van der Waals surface area contributed by atoms with Gasteiger partial charge in [-0.1, -0.05) is 7.43 Å². The van der Waals surface area contributed by atoms with E-state index in [9.17, 15) is 18.0 Å². The van der Waals surface area contributed by atoms with E-state index < -0.39 is 11.7 Å². The molecule has 1 saturated carbocycles. The number of carbonyl (C=O) groups is 1. The van der Waals surface area contributed by atoms with Crippen LogP contribution in [-0.2, 0) is 6.18 Å². The lowest BCUT2D eigenvalue weighted by atomic mass is 10.0. The van der Waals surface area contributed by atoms with Crippen LogP contribution in [0.4, 0.5) is 19.0 Å². The molecule has 5 rings (SSSR count). The lowest BCUT2D eigenvalue weighted by Crippen LogP contribution is -2.48. The van der Waals surface area contributed by atoms with Crippen LogP contribution in [0.3, 0.4) is 0 Å². The number of carbonyl (C=O) groups excluding carboxylic acids is 1. The average molecular weight is 490 g/mol. The Balaban J connectivity index is 0.00000274. The summed E-state index contributed by atoms with van der Waals surface area (Å²) in [5.41, 5.74) is 1.07. The Morgan fingerprint density at radius 3 is 2.68 bits per heavy atom. The number of hydrogen-bond donors (Lipinski definition) is 1. The Labute approximate surface area is 200 Å². The minimum atomic E-state index is -4.42. The number of nitrogens with one attached hydrogen (secondary N) is 1. The van der Waals surface area contributed by atoms with Gasteiger partial charge in [-0.3, -0.25) is 4.79 Å². The summed E-state index contributed by atoms with van der Waals surface area (Å²) in [7, 11) is 0. The number of likely N-dealkylation sites (tertiary alicyclic amines) is 1. The number of amides is 1. The highest BCUT2D eigenvalue weighted by molar-refractivity contribution is 7.13. The quantitative estimate of drug-likeness (QED) is 0.511. The number of aromatic nitrogens is 3. The summed E-state index contributed by atoms with van der Waals surface area (Å²) in [5, 5.41) is 5.73. The maximum absolute atomic E-state index is 13.7. The number of hydrogen-bond acceptors (Lipinski definition) is 6. The molecule has 1 aliphatic carbocycles. The fraction of sp³-hybridized carbons (Fsp3) is 0.417. The van der Waals surface area contributed by atoms with Crippen molar-refractivity contribution in [3.05, 3.63) is 59.0 Å². The predicted octanol–water partition coefficient (Wildman–Crippen LogP) is 5.53. The molecule has 1 N–H and O–H groups in total. The second-order valence-electron chi connectivity index (χ2n) is 8.60. The third-order valence-electron chi connectivity index (χ3n) is 6.29. The van der Waals surface area contributed by atoms with Crippen LogP contribution in [0.2, 0.25) is 0 Å². The molecule has 6 nitrogen and oxygen atoms in total. The molecule has 3 aromatic rings. The predicted molar refractivity (Wildman–Crippen MR) is 126 cm³/mol. The number of anilines is 1. The molecule has 3 aromatic heterocycles. The molecule has 1 aliphatic heterocycles. The van der Waals surface area contributed by atoms with Gasteiger partial charge in [0, 0.05) is 48.2 Å². The first-order valence-electron chi connectivity index (χ1n) is 10.7. The standard InChI is InChI=1S/C23H22F3N5OS.CH4/c1-13-2-4-18(21-27-6-7-33-21)20(30-13)22(32)31-12-15-8-14(15)9-17(31)11-29-19-5-3-16(10-28-19)23(24,25)26;/h2-7,10,14-15,17H,8-9,11-12H2,1H3,(H,28,29);1H4/t14-,15+,17+;/m1./s1. The van der Waals surface area contributed by atoms with Crippen molar-refractivity contribution >= 4 is 23.1 Å². The highest BCUT2D eigenvalue weighted by Crippen LogP contribution is 2.47. The fourth-order valence-corrected chi connectivity index (χ4v) is 5.08. The molecule has 0 radical (unpaired) electrons. The van der Waals surface area contributed by atoms with Crippen molar-refractivity contribution < 1.29 is 18.0 Å². The van der Waals surface area contributed by atoms with Crippen LogP contribution in [0, 0.1) is 18.8 Å². The third kappa shape index (κ3) is 4.91. The monoisotopic (exact) mass is 489 g/mol. The minimum Gasteiger partial charge on any atom is -0.368 e. The lowest BCUT2D eigenvalue weighted by Gasteiger charge is -2.36. The van der Waals surface area contributed by atoms with Gasteiger partial charge >= 0.3 is 6.18 Å². The van der Waals surface area contributed by atoms with Gasteiger partial charge in [-0.25, -0.2) is 15.0 Å². The van der Waals surface area contributed by atoms with E-state index in [0.29, 0.717) is 36.4 Å². The Morgan fingerprint density at radius 2 is 2.00 bits per heavy atom. The fourth-order valence-electron chi connectivity index (χ4n) is 4.42. The van der Waals surface area contributed by atoms with Gasteiger partial charge in [-0.2, -0.15) is 13.2 Å². The van der Waals surface area contributed by atoms with E-state index in [1.54, 1.807) is 6.20 Å². The van der Waals surface area contributed by atoms with E-state index in [4.69, 9.17) is 0 Å². The van der Waals surface area contributed by atoms with E-state index in [2.05, 4.69) is 20.3 Å². The lowest BCUT2D eigenvalue weighted by molar-refractivity contribution is -0.137. The molecule has 0 aromatic carbocycles. The van der Waals surface area contributed by atoms with Gasteiger partial charge in [0.1, 0.15) is 16.5 Å². The van der Waals surface area contributed by atoms with Crippen molar-refractivity contribution in [2.45, 2.75) is 39.4 Å². The van der Waals surface area contributed by atoms with Gasteiger partial charge in [0.2, 0.25) is 0 Å². The molecule has 2 aliphatic rings. The molecule has 0 spiro atoms. The molecule has 2 fully saturated rings. The molecule has 1 amide bonds. The minimum absolute atomic E-state index is 0. The van der Waals surface area contributed by atoms with Crippen LogP contribution >= 0.6 is 11.3 Å². The van der Waals surface area contributed by atoms with E-state index in [1.807, 2.05) is 29.3 Å². The molecular weight excluding hydrogens is 463 g/mol. The zero-order valence-corrected chi connectivity index (χ0v) is 18.7. The molecule has 34 heavy (non-hydrogen) atoms. The number of nitrogens with zero attached hydrogens (tertiary/aromatic N) is 4. The van der Waals surface area contributed by atoms with E-state index in [-0.39, 0.29) is 19.4 Å². The van der Waals surface area contributed by atoms with Gasteiger partial charge < -0.3 is 10.2 Å². The number of halogens is 3. The summed E-state index contributed by atoms with van der Waals surface area (Å²) < 4.78 is 38.4. The number of rotatable bonds is 5. The molecular formula is C24H26F3N5OS. The Kier molecular flexibility index (Phi) is 6.62. The van der Waals surface area contributed by atoms with Crippen molar-refractivity contribution in [1.82, 2.24) is 19.9 Å². The highest BCUT2D eigenvalue weighted by atomic mass is 32.1. The first-order chi connectivity index (χ1) is 15.8. The van der Waals surface area contributed by atoms with Gasteiger partial charge in [0.25, 0.3) is 5.91 Å². The number of thiazole rings is 1. The maximum atomic E-state index is 13.7. The topological polar surface area (TPSA) is 71.0 Å². The SMILES string of the molecule is C.Cc1ccc(-c2nccs2)c(C(=O)N2C[C@@H]3C[C@@H]3C[C@H]2CNc2ccc(C(F)(F)F)cn2)n1. The van der Waals surface area contributed by atoms with Crippen LogP contribution in [0.15, 0.2) is 42.0 Å². The summed E-state index contributed by atoms with van der Waals surface area (Å²) in [4.78, 5) is 28.4. The molecule has 1 saturated heterocycles. The average Bonchev–Trinajstić information content (AvgIpc) is 3.34. The van der Waals surface area contributed by atoms with E-state index >= 15 is 0 Å². The van der Waals surface area contributed by atoms with Crippen molar-refractivity contribution in [1.29, 1.82) is 0 Å². The normalized spacial score (nSPS) is 21.4. The molecule has 4 heterocycles. The molecule has 0 unspecified atom stereocenters. The van der Waals surface area contributed by atoms with Gasteiger partial charge in [-0.15, -0.1) is 11.3 Å². The van der Waals surface area contributed by atoms with Crippen molar-refractivity contribution in [2.24, 2.45) is 11.8 Å². The van der Waals surface area contributed by atoms with Gasteiger partial charge in [-0.05, 0) is 55.9 Å². The second-order valence-corrected chi connectivity index (χ2v) is 9.49. The number of pyridine rings is 2. The second kappa shape index (κ2) is 9.32. The van der Waals surface area contributed by atoms with E-state index in [0.717, 1.165) is 41.4 Å². The Bertz CT molecular complexity index is 1150. The first kappa shape index (κ1) is 24.1. The van der Waals surface area contributed by atoms with Gasteiger partial charge in [0.05, 0.1) is 5.56 Å². The van der Waals surface area contributed by atoms with Crippen LogP contribution < -0.4 is 5.32 Å². The maximum Gasteiger partial charge on any atom is 0.417 e. The summed E-state index contributed by atoms with van der Waals surface area (Å²) >= 11 is 1.46. The molecule has 0 bridgehead atoms. The van der Waals surface area contributed by atoms with Crippen molar-refractivity contribution in [2.75, 3.05) is 18.4 Å². The molecule has 180 valence electrons. The number of fused-ring (bicyclic) bond motifs is 1. The number of aryl methyl sites for hydroxylation is 1. The molecule has 10 heteroatoms. The van der Waals surface area contributed by atoms with Crippen LogP contribution in [0.1, 0.15) is 42.0 Å². The van der Waals surface area contributed by atoms with Crippen LogP contribution in [0.5, 0.6) is 0 Å². The molecule has 3 atom stereocenters. The zero-order chi connectivity index (χ0) is 23.2. The summed E-state index contributed by atoms with van der Waals surface area (Å²) in [6, 6.07) is 5.98. The first-order valence-corrected chi connectivity index (χ1v) is 11.6. The number of piperidine rings is 1. The van der Waals surface area contributed by atoms with Crippen LogP contribution in [-0.4, -0.2) is 44.9 Å².